The third-order valence-electron chi connectivity index (χ3n) is 2.64. The molecule has 1 saturated heterocycles. The third-order valence-corrected chi connectivity index (χ3v) is 2.64. The van der Waals surface area contributed by atoms with E-state index in [2.05, 4.69) is 10.4 Å². The van der Waals surface area contributed by atoms with E-state index in [0.717, 1.165) is 25.9 Å². The Labute approximate surface area is 76.9 Å². The molecule has 1 aromatic heterocycles. The van der Waals surface area contributed by atoms with Gasteiger partial charge < -0.3 is 5.32 Å². The summed E-state index contributed by atoms with van der Waals surface area (Å²) in [5, 5.41) is 7.33. The van der Waals surface area contributed by atoms with Gasteiger partial charge in [0, 0.05) is 0 Å². The second kappa shape index (κ2) is 3.46. The van der Waals surface area contributed by atoms with Gasteiger partial charge >= 0.3 is 0 Å². The fraction of sp³-hybridized carbons (Fsp3) is 0.667. The summed E-state index contributed by atoms with van der Waals surface area (Å²) in [6.07, 6.45) is 3.39. The van der Waals surface area contributed by atoms with Crippen molar-refractivity contribution in [3.05, 3.63) is 17.7 Å². The Morgan fingerprint density at radius 2 is 2.23 bits per heavy atom. The van der Waals surface area contributed by atoms with Crippen molar-refractivity contribution >= 4 is 0 Å². The van der Waals surface area contributed by atoms with Gasteiger partial charge in [0.15, 0.2) is 5.82 Å². The summed E-state index contributed by atoms with van der Waals surface area (Å²) in [6, 6.07) is 0.380. The second-order valence-electron chi connectivity index (χ2n) is 3.50. The normalized spacial score (nSPS) is 19.2. The van der Waals surface area contributed by atoms with E-state index in [9.17, 15) is 4.39 Å². The van der Waals surface area contributed by atoms with E-state index in [1.165, 1.54) is 6.20 Å². The highest BCUT2D eigenvalue weighted by Gasteiger charge is 2.18. The van der Waals surface area contributed by atoms with Gasteiger partial charge in [0.25, 0.3) is 0 Å². The monoisotopic (exact) mass is 183 g/mol. The molecule has 3 nitrogen and oxygen atoms in total. The Morgan fingerprint density at radius 3 is 2.77 bits per heavy atom. The summed E-state index contributed by atoms with van der Waals surface area (Å²) in [5.74, 6) is -0.196. The van der Waals surface area contributed by atoms with Crippen molar-refractivity contribution in [1.29, 1.82) is 0 Å². The van der Waals surface area contributed by atoms with E-state index in [0.29, 0.717) is 11.7 Å². The van der Waals surface area contributed by atoms with Gasteiger partial charge in [-0.15, -0.1) is 0 Å². The van der Waals surface area contributed by atoms with Crippen molar-refractivity contribution in [2.24, 2.45) is 0 Å². The zero-order valence-corrected chi connectivity index (χ0v) is 7.76. The summed E-state index contributed by atoms with van der Waals surface area (Å²) >= 11 is 0. The van der Waals surface area contributed by atoms with Crippen LogP contribution in [0.4, 0.5) is 4.39 Å². The van der Waals surface area contributed by atoms with Crippen LogP contribution in [0.15, 0.2) is 6.20 Å². The molecule has 2 heterocycles. The molecule has 1 aromatic rings. The molecule has 0 unspecified atom stereocenters. The molecular formula is C9H14FN3. The molecule has 1 aliphatic rings. The van der Waals surface area contributed by atoms with Gasteiger partial charge in [-0.1, -0.05) is 0 Å². The van der Waals surface area contributed by atoms with Crippen LogP contribution >= 0.6 is 0 Å². The fourth-order valence-electron chi connectivity index (χ4n) is 1.82. The highest BCUT2D eigenvalue weighted by atomic mass is 19.1. The largest absolute Gasteiger partial charge is 0.317 e. The standard InChI is InChI=1S/C9H14FN3/c1-7-9(10)6-12-13(7)8-2-4-11-5-3-8/h6,8,11H,2-5H2,1H3. The molecule has 0 bridgehead atoms. The average molecular weight is 183 g/mol. The topological polar surface area (TPSA) is 29.9 Å². The molecule has 1 N–H and O–H groups in total. The van der Waals surface area contributed by atoms with Crippen LogP contribution in [0.1, 0.15) is 24.6 Å². The summed E-state index contributed by atoms with van der Waals surface area (Å²) in [7, 11) is 0. The predicted molar refractivity (Wildman–Crippen MR) is 48.1 cm³/mol. The van der Waals surface area contributed by atoms with Gasteiger partial charge in [-0.2, -0.15) is 5.10 Å². The molecule has 4 heteroatoms. The van der Waals surface area contributed by atoms with Gasteiger partial charge in [0.05, 0.1) is 17.9 Å². The zero-order chi connectivity index (χ0) is 9.26. The van der Waals surface area contributed by atoms with Crippen molar-refractivity contribution in [1.82, 2.24) is 15.1 Å². The summed E-state index contributed by atoms with van der Waals surface area (Å²) in [6.45, 7) is 3.79. The van der Waals surface area contributed by atoms with Gasteiger partial charge in [-0.3, -0.25) is 4.68 Å². The van der Waals surface area contributed by atoms with E-state index >= 15 is 0 Å². The number of nitrogens with one attached hydrogen (secondary N) is 1. The van der Waals surface area contributed by atoms with Crippen molar-refractivity contribution in [2.75, 3.05) is 13.1 Å². The number of aromatic nitrogens is 2. The fourth-order valence-corrected chi connectivity index (χ4v) is 1.82. The first-order valence-corrected chi connectivity index (χ1v) is 4.69. The van der Waals surface area contributed by atoms with Crippen LogP contribution in [0.3, 0.4) is 0 Å². The molecule has 1 aliphatic heterocycles. The highest BCUT2D eigenvalue weighted by Crippen LogP contribution is 2.20. The number of halogens is 1. The SMILES string of the molecule is Cc1c(F)cnn1C1CCNCC1. The van der Waals surface area contributed by atoms with E-state index < -0.39 is 0 Å². The lowest BCUT2D eigenvalue weighted by Gasteiger charge is -2.23. The minimum Gasteiger partial charge on any atom is -0.317 e. The second-order valence-corrected chi connectivity index (χ2v) is 3.50. The lowest BCUT2D eigenvalue weighted by Crippen LogP contribution is -2.30. The van der Waals surface area contributed by atoms with Crippen LogP contribution in [0.2, 0.25) is 0 Å². The summed E-state index contributed by atoms with van der Waals surface area (Å²) in [4.78, 5) is 0. The van der Waals surface area contributed by atoms with Gasteiger partial charge in [-0.25, -0.2) is 4.39 Å². The first-order chi connectivity index (χ1) is 6.29. The molecule has 0 amide bonds. The molecule has 1 fully saturated rings. The highest BCUT2D eigenvalue weighted by molar-refractivity contribution is 5.02. The first kappa shape index (κ1) is 8.69. The van der Waals surface area contributed by atoms with Crippen LogP contribution in [-0.4, -0.2) is 22.9 Å². The van der Waals surface area contributed by atoms with Crippen LogP contribution in [0.5, 0.6) is 0 Å². The van der Waals surface area contributed by atoms with Gasteiger partial charge in [0.2, 0.25) is 0 Å². The van der Waals surface area contributed by atoms with E-state index in [1.807, 2.05) is 4.68 Å². The van der Waals surface area contributed by atoms with E-state index in [-0.39, 0.29) is 5.82 Å². The Bertz CT molecular complexity index is 289. The van der Waals surface area contributed by atoms with E-state index in [4.69, 9.17) is 0 Å². The Kier molecular flexibility index (Phi) is 2.31. The third kappa shape index (κ3) is 1.58. The minimum absolute atomic E-state index is 0.196. The molecule has 2 rings (SSSR count). The number of hydrogen-bond donors (Lipinski definition) is 1. The molecular weight excluding hydrogens is 169 g/mol. The molecule has 0 aliphatic carbocycles. The zero-order valence-electron chi connectivity index (χ0n) is 7.76. The average Bonchev–Trinajstić information content (AvgIpc) is 2.49. The molecule has 0 aromatic carbocycles. The summed E-state index contributed by atoms with van der Waals surface area (Å²) < 4.78 is 14.8. The molecule has 0 spiro atoms. The molecule has 72 valence electrons. The van der Waals surface area contributed by atoms with Gasteiger partial charge in [0.1, 0.15) is 0 Å². The maximum atomic E-state index is 13.0. The van der Waals surface area contributed by atoms with Crippen LogP contribution in [0, 0.1) is 12.7 Å². The number of piperidine rings is 1. The van der Waals surface area contributed by atoms with E-state index in [1.54, 1.807) is 6.92 Å². The van der Waals surface area contributed by atoms with Crippen molar-refractivity contribution in [3.63, 3.8) is 0 Å². The maximum Gasteiger partial charge on any atom is 0.163 e. The molecule has 0 atom stereocenters. The van der Waals surface area contributed by atoms with Crippen molar-refractivity contribution in [3.8, 4) is 0 Å². The maximum absolute atomic E-state index is 13.0. The quantitative estimate of drug-likeness (QED) is 0.710. The minimum atomic E-state index is -0.196. The number of rotatable bonds is 1. The van der Waals surface area contributed by atoms with Gasteiger partial charge in [-0.05, 0) is 32.9 Å². The molecule has 13 heavy (non-hydrogen) atoms. The predicted octanol–water partition coefficient (Wildman–Crippen LogP) is 1.26. The van der Waals surface area contributed by atoms with Crippen LogP contribution < -0.4 is 5.32 Å². The first-order valence-electron chi connectivity index (χ1n) is 4.69. The number of nitrogens with zero attached hydrogens (tertiary/aromatic N) is 2. The van der Waals surface area contributed by atoms with Crippen molar-refractivity contribution in [2.45, 2.75) is 25.8 Å². The lowest BCUT2D eigenvalue weighted by molar-refractivity contribution is 0.336. The van der Waals surface area contributed by atoms with Crippen molar-refractivity contribution < 1.29 is 4.39 Å². The van der Waals surface area contributed by atoms with Crippen LogP contribution in [-0.2, 0) is 0 Å². The summed E-state index contributed by atoms with van der Waals surface area (Å²) in [5.41, 5.74) is 0.659. The molecule has 0 saturated carbocycles. The Balaban J connectivity index is 2.18. The number of hydrogen-bond acceptors (Lipinski definition) is 2. The smallest absolute Gasteiger partial charge is 0.163 e. The Hall–Kier alpha value is -0.900. The van der Waals surface area contributed by atoms with Crippen LogP contribution in [0.25, 0.3) is 0 Å². The lowest BCUT2D eigenvalue weighted by atomic mass is 10.1. The molecule has 0 radical (unpaired) electrons. The Morgan fingerprint density at radius 1 is 1.54 bits per heavy atom.